The molecule has 1 aliphatic rings. The van der Waals surface area contributed by atoms with Crippen LogP contribution in [0.5, 0.6) is 0 Å². The van der Waals surface area contributed by atoms with Crippen molar-refractivity contribution in [3.8, 4) is 5.82 Å². The number of hydrogen-bond acceptors (Lipinski definition) is 8. The quantitative estimate of drug-likeness (QED) is 0.489. The molecule has 0 radical (unpaired) electrons. The number of nitrogens with zero attached hydrogens (tertiary/aromatic N) is 5. The predicted molar refractivity (Wildman–Crippen MR) is 94.2 cm³/mol. The number of carbonyl (C=O) groups is 2. The van der Waals surface area contributed by atoms with Crippen LogP contribution in [0.4, 0.5) is 11.5 Å². The highest BCUT2D eigenvalue weighted by atomic mass is 16.7. The van der Waals surface area contributed by atoms with Crippen LogP contribution in [0.15, 0.2) is 35.7 Å². The van der Waals surface area contributed by atoms with Crippen LogP contribution in [0.2, 0.25) is 0 Å². The first-order valence-corrected chi connectivity index (χ1v) is 8.14. The van der Waals surface area contributed by atoms with Crippen molar-refractivity contribution in [1.82, 2.24) is 14.8 Å². The lowest BCUT2D eigenvalue weighted by molar-refractivity contribution is -0.223. The standard InChI is InChI=1S/C17H16N6O4/c1-4-8-17(2)26-15(24)13(16(25)27-17)21-22-14-11(18-3)10-20-23(14)12-7-5-6-9-19-12/h5-7,9-10,22H,4,8H2,1-2H3. The summed E-state index contributed by atoms with van der Waals surface area (Å²) in [6, 6.07) is 5.16. The SMILES string of the molecule is [C-]#[N+]c1cnn(-c2ccccn2)c1NN=C1C(=O)OC(C)(CCC)OC1=O. The van der Waals surface area contributed by atoms with E-state index in [-0.39, 0.29) is 11.5 Å². The van der Waals surface area contributed by atoms with E-state index in [0.717, 1.165) is 0 Å². The van der Waals surface area contributed by atoms with Gasteiger partial charge in [-0.25, -0.2) is 24.1 Å². The first-order chi connectivity index (χ1) is 13.0. The van der Waals surface area contributed by atoms with E-state index in [9.17, 15) is 9.59 Å². The van der Waals surface area contributed by atoms with E-state index in [4.69, 9.17) is 16.0 Å². The molecule has 2 aromatic rings. The zero-order valence-corrected chi connectivity index (χ0v) is 14.7. The third kappa shape index (κ3) is 3.62. The fourth-order valence-corrected chi connectivity index (χ4v) is 2.53. The molecule has 0 bridgehead atoms. The van der Waals surface area contributed by atoms with E-state index in [1.807, 2.05) is 6.92 Å². The van der Waals surface area contributed by atoms with Gasteiger partial charge in [-0.05, 0) is 18.6 Å². The Kier molecular flexibility index (Phi) is 4.85. The van der Waals surface area contributed by atoms with Gasteiger partial charge >= 0.3 is 11.9 Å². The van der Waals surface area contributed by atoms with E-state index >= 15 is 0 Å². The normalized spacial score (nSPS) is 19.1. The Bertz CT molecular complexity index is 924. The summed E-state index contributed by atoms with van der Waals surface area (Å²) in [7, 11) is 0. The van der Waals surface area contributed by atoms with Crippen molar-refractivity contribution in [3.05, 3.63) is 42.0 Å². The molecule has 0 aliphatic carbocycles. The number of pyridine rings is 1. The molecule has 1 N–H and O–H groups in total. The second-order valence-corrected chi connectivity index (χ2v) is 5.83. The summed E-state index contributed by atoms with van der Waals surface area (Å²) in [5, 5.41) is 7.88. The molecule has 1 saturated heterocycles. The number of aromatic nitrogens is 3. The van der Waals surface area contributed by atoms with Crippen LogP contribution in [0.3, 0.4) is 0 Å². The van der Waals surface area contributed by atoms with E-state index in [2.05, 4.69) is 25.5 Å². The van der Waals surface area contributed by atoms with E-state index in [1.165, 1.54) is 17.8 Å². The molecule has 10 nitrogen and oxygen atoms in total. The van der Waals surface area contributed by atoms with Gasteiger partial charge in [0.25, 0.3) is 11.5 Å². The molecule has 1 fully saturated rings. The lowest BCUT2D eigenvalue weighted by atomic mass is 10.1. The maximum absolute atomic E-state index is 12.2. The molecule has 0 unspecified atom stereocenters. The monoisotopic (exact) mass is 368 g/mol. The number of rotatable bonds is 5. The number of anilines is 1. The van der Waals surface area contributed by atoms with Gasteiger partial charge in [0.2, 0.25) is 5.69 Å². The zero-order chi connectivity index (χ0) is 19.4. The molecule has 0 spiro atoms. The van der Waals surface area contributed by atoms with Crippen molar-refractivity contribution >= 4 is 29.2 Å². The van der Waals surface area contributed by atoms with Gasteiger partial charge in [-0.15, -0.1) is 0 Å². The Morgan fingerprint density at radius 3 is 2.67 bits per heavy atom. The maximum Gasteiger partial charge on any atom is 0.369 e. The summed E-state index contributed by atoms with van der Waals surface area (Å²) >= 11 is 0. The van der Waals surface area contributed by atoms with Crippen LogP contribution in [0.25, 0.3) is 10.7 Å². The van der Waals surface area contributed by atoms with Crippen molar-refractivity contribution in [1.29, 1.82) is 0 Å². The van der Waals surface area contributed by atoms with Gasteiger partial charge in [-0.3, -0.25) is 5.43 Å². The molecule has 3 rings (SSSR count). The zero-order valence-electron chi connectivity index (χ0n) is 14.7. The van der Waals surface area contributed by atoms with Gasteiger partial charge in [0, 0.05) is 19.5 Å². The second kappa shape index (κ2) is 7.25. The summed E-state index contributed by atoms with van der Waals surface area (Å²) < 4.78 is 11.7. The highest BCUT2D eigenvalue weighted by Gasteiger charge is 2.43. The average molecular weight is 368 g/mol. The van der Waals surface area contributed by atoms with Gasteiger partial charge in [0.1, 0.15) is 0 Å². The van der Waals surface area contributed by atoms with E-state index in [0.29, 0.717) is 18.7 Å². The predicted octanol–water partition coefficient (Wildman–Crippen LogP) is 2.20. The Morgan fingerprint density at radius 2 is 2.07 bits per heavy atom. The molecule has 1 aliphatic heterocycles. The largest absolute Gasteiger partial charge is 0.418 e. The Hall–Kier alpha value is -3.74. The molecule has 0 aromatic carbocycles. The molecule has 0 amide bonds. The number of nitrogens with one attached hydrogen (secondary N) is 1. The highest BCUT2D eigenvalue weighted by molar-refractivity contribution is 6.63. The van der Waals surface area contributed by atoms with E-state index < -0.39 is 23.4 Å². The molecular weight excluding hydrogens is 352 g/mol. The minimum atomic E-state index is -1.31. The van der Waals surface area contributed by atoms with Crippen LogP contribution in [0.1, 0.15) is 26.7 Å². The lowest BCUT2D eigenvalue weighted by Crippen LogP contribution is -2.48. The summed E-state index contributed by atoms with van der Waals surface area (Å²) in [5.41, 5.74) is 2.12. The summed E-state index contributed by atoms with van der Waals surface area (Å²) in [5.74, 6) is -2.52. The first kappa shape index (κ1) is 18.1. The third-order valence-corrected chi connectivity index (χ3v) is 3.72. The van der Waals surface area contributed by atoms with E-state index in [1.54, 1.807) is 24.4 Å². The maximum atomic E-state index is 12.2. The second-order valence-electron chi connectivity index (χ2n) is 5.83. The molecule has 138 valence electrons. The molecule has 10 heteroatoms. The number of esters is 2. The molecule has 2 aromatic heterocycles. The topological polar surface area (TPSA) is 112 Å². The number of hydrogen-bond donors (Lipinski definition) is 1. The number of ether oxygens (including phenoxy) is 2. The Balaban J connectivity index is 1.89. The Labute approximate surface area is 154 Å². The Morgan fingerprint density at radius 1 is 1.33 bits per heavy atom. The van der Waals surface area contributed by atoms with Gasteiger partial charge in [-0.1, -0.05) is 13.0 Å². The van der Waals surface area contributed by atoms with Crippen LogP contribution in [-0.2, 0) is 19.1 Å². The first-order valence-electron chi connectivity index (χ1n) is 8.14. The number of carbonyl (C=O) groups excluding carboxylic acids is 2. The highest BCUT2D eigenvalue weighted by Crippen LogP contribution is 2.28. The van der Waals surface area contributed by atoms with Crippen LogP contribution in [-0.4, -0.2) is 38.2 Å². The van der Waals surface area contributed by atoms with Gasteiger partial charge < -0.3 is 9.47 Å². The fourth-order valence-electron chi connectivity index (χ4n) is 2.53. The average Bonchev–Trinajstić information content (AvgIpc) is 3.04. The third-order valence-electron chi connectivity index (χ3n) is 3.72. The summed E-state index contributed by atoms with van der Waals surface area (Å²) in [6.07, 6.45) is 3.92. The van der Waals surface area contributed by atoms with Crippen LogP contribution >= 0.6 is 0 Å². The molecule has 3 heterocycles. The minimum absolute atomic E-state index is 0.137. The van der Waals surface area contributed by atoms with Crippen molar-refractivity contribution in [3.63, 3.8) is 0 Å². The lowest BCUT2D eigenvalue weighted by Gasteiger charge is -2.32. The van der Waals surface area contributed by atoms with Gasteiger partial charge in [-0.2, -0.15) is 10.2 Å². The fraction of sp³-hybridized carbons (Fsp3) is 0.294. The molecule has 0 atom stereocenters. The minimum Gasteiger partial charge on any atom is -0.418 e. The molecular formula is C17H16N6O4. The van der Waals surface area contributed by atoms with Crippen LogP contribution < -0.4 is 5.43 Å². The summed E-state index contributed by atoms with van der Waals surface area (Å²) in [4.78, 5) is 31.8. The van der Waals surface area contributed by atoms with Crippen molar-refractivity contribution < 1.29 is 19.1 Å². The van der Waals surface area contributed by atoms with Crippen LogP contribution in [0, 0.1) is 6.57 Å². The van der Waals surface area contributed by atoms with Gasteiger partial charge in [0.05, 0.1) is 12.8 Å². The molecule has 0 saturated carbocycles. The van der Waals surface area contributed by atoms with Crippen molar-refractivity contribution in [2.75, 3.05) is 5.43 Å². The van der Waals surface area contributed by atoms with Crippen molar-refractivity contribution in [2.45, 2.75) is 32.5 Å². The molecule has 27 heavy (non-hydrogen) atoms. The number of hydrazone groups is 1. The summed E-state index contributed by atoms with van der Waals surface area (Å²) in [6.45, 7) is 10.6. The smallest absolute Gasteiger partial charge is 0.369 e. The number of cyclic esters (lactones) is 2. The van der Waals surface area contributed by atoms with Gasteiger partial charge in [0.15, 0.2) is 11.6 Å². The van der Waals surface area contributed by atoms with Crippen molar-refractivity contribution in [2.24, 2.45) is 5.10 Å².